The molecule has 0 aliphatic carbocycles. The first kappa shape index (κ1) is 25.6. The van der Waals surface area contributed by atoms with Crippen LogP contribution in [0, 0.1) is 0 Å². The Bertz CT molecular complexity index is 1030. The van der Waals surface area contributed by atoms with Gasteiger partial charge in [0.25, 0.3) is 0 Å². The molecule has 0 spiro atoms. The standard InChI is InChI=1S/C28H37N3O3S/c1-2-3-9-23(30-16-18-31(19-17-30)24-10-5-4-6-11-24)12-7-8-13-26(32)22-14-15-27-25(20-22)29-28(33)21-35(27)34/h4-6,10-11,14-15,20,23H,2-3,7-9,12-13,16-19,21H2,1H3,(H,29,33). The molecule has 4 rings (SSSR count). The van der Waals surface area contributed by atoms with Gasteiger partial charge < -0.3 is 10.2 Å². The van der Waals surface area contributed by atoms with Crippen LogP contribution in [0.25, 0.3) is 0 Å². The van der Waals surface area contributed by atoms with Gasteiger partial charge >= 0.3 is 0 Å². The van der Waals surface area contributed by atoms with Crippen molar-refractivity contribution in [3.05, 3.63) is 54.1 Å². The van der Waals surface area contributed by atoms with E-state index in [1.807, 2.05) is 0 Å². The maximum absolute atomic E-state index is 12.8. The number of Topliss-reactive ketones (excluding diaryl/α,β-unsaturated/α-hetero) is 1. The number of para-hydroxylation sites is 1. The van der Waals surface area contributed by atoms with Gasteiger partial charge in [-0.3, -0.25) is 18.7 Å². The van der Waals surface area contributed by atoms with Crippen molar-refractivity contribution in [3.8, 4) is 0 Å². The third-order valence-corrected chi connectivity index (χ3v) is 8.49. The largest absolute Gasteiger partial charge is 0.369 e. The molecule has 2 atom stereocenters. The molecule has 1 amide bonds. The van der Waals surface area contributed by atoms with E-state index in [1.54, 1.807) is 18.2 Å². The Balaban J connectivity index is 1.25. The first-order valence-electron chi connectivity index (χ1n) is 12.9. The van der Waals surface area contributed by atoms with Crippen LogP contribution in [0.15, 0.2) is 53.4 Å². The smallest absolute Gasteiger partial charge is 0.237 e. The van der Waals surface area contributed by atoms with Crippen LogP contribution in [0.1, 0.15) is 62.2 Å². The molecule has 2 aliphatic heterocycles. The van der Waals surface area contributed by atoms with Crippen LogP contribution < -0.4 is 10.2 Å². The fourth-order valence-electron chi connectivity index (χ4n) is 5.13. The van der Waals surface area contributed by atoms with Crippen LogP contribution in [0.2, 0.25) is 0 Å². The molecule has 0 saturated carbocycles. The first-order chi connectivity index (χ1) is 17.0. The van der Waals surface area contributed by atoms with E-state index in [0.29, 0.717) is 28.6 Å². The quantitative estimate of drug-likeness (QED) is 0.356. The molecule has 7 heteroatoms. The molecule has 1 N–H and O–H groups in total. The van der Waals surface area contributed by atoms with Crippen LogP contribution in [0.3, 0.4) is 0 Å². The zero-order valence-electron chi connectivity index (χ0n) is 20.7. The van der Waals surface area contributed by atoms with Gasteiger partial charge in [-0.25, -0.2) is 0 Å². The molecular formula is C28H37N3O3S. The number of ketones is 1. The summed E-state index contributed by atoms with van der Waals surface area (Å²) in [6.07, 6.45) is 7.18. The summed E-state index contributed by atoms with van der Waals surface area (Å²) in [7, 11) is -1.33. The van der Waals surface area contributed by atoms with E-state index in [0.717, 1.165) is 45.4 Å². The Morgan fingerprint density at radius 2 is 1.74 bits per heavy atom. The normalized spacial score (nSPS) is 19.2. The molecule has 2 aliphatic rings. The number of fused-ring (bicyclic) bond motifs is 1. The van der Waals surface area contributed by atoms with Crippen molar-refractivity contribution >= 4 is 33.9 Å². The number of piperazine rings is 1. The van der Waals surface area contributed by atoms with Gasteiger partial charge in [-0.15, -0.1) is 0 Å². The molecule has 2 aromatic rings. The molecule has 0 bridgehead atoms. The van der Waals surface area contributed by atoms with E-state index in [-0.39, 0.29) is 17.4 Å². The molecule has 1 fully saturated rings. The summed E-state index contributed by atoms with van der Waals surface area (Å²) in [4.78, 5) is 30.2. The number of carbonyl (C=O) groups excluding carboxylic acids is 2. The van der Waals surface area contributed by atoms with Gasteiger partial charge in [-0.1, -0.05) is 50.5 Å². The minimum Gasteiger partial charge on any atom is -0.369 e. The second-order valence-electron chi connectivity index (χ2n) is 9.57. The lowest BCUT2D eigenvalue weighted by Gasteiger charge is -2.40. The third kappa shape index (κ3) is 6.79. The van der Waals surface area contributed by atoms with Crippen molar-refractivity contribution in [2.75, 3.05) is 42.1 Å². The van der Waals surface area contributed by atoms with Crippen LogP contribution in [-0.4, -0.2) is 58.8 Å². The van der Waals surface area contributed by atoms with E-state index >= 15 is 0 Å². The molecule has 6 nitrogen and oxygen atoms in total. The van der Waals surface area contributed by atoms with Gasteiger partial charge in [0.2, 0.25) is 5.91 Å². The average molecular weight is 496 g/mol. The number of carbonyl (C=O) groups is 2. The number of hydrogen-bond acceptors (Lipinski definition) is 5. The van der Waals surface area contributed by atoms with E-state index in [4.69, 9.17) is 0 Å². The Kier molecular flexibility index (Phi) is 9.10. The van der Waals surface area contributed by atoms with Crippen LogP contribution >= 0.6 is 0 Å². The van der Waals surface area contributed by atoms with E-state index in [2.05, 4.69) is 52.4 Å². The summed E-state index contributed by atoms with van der Waals surface area (Å²) < 4.78 is 12.1. The Labute approximate surface area is 211 Å². The van der Waals surface area contributed by atoms with Crippen molar-refractivity contribution in [1.82, 2.24) is 4.90 Å². The lowest BCUT2D eigenvalue weighted by molar-refractivity contribution is -0.114. The zero-order valence-corrected chi connectivity index (χ0v) is 21.5. The fourth-order valence-corrected chi connectivity index (χ4v) is 6.17. The maximum Gasteiger partial charge on any atom is 0.237 e. The minimum atomic E-state index is -1.33. The second kappa shape index (κ2) is 12.5. The van der Waals surface area contributed by atoms with Crippen molar-refractivity contribution in [2.24, 2.45) is 0 Å². The highest BCUT2D eigenvalue weighted by atomic mass is 32.2. The van der Waals surface area contributed by atoms with Gasteiger partial charge in [0.15, 0.2) is 5.78 Å². The summed E-state index contributed by atoms with van der Waals surface area (Å²) >= 11 is 0. The predicted molar refractivity (Wildman–Crippen MR) is 143 cm³/mol. The highest BCUT2D eigenvalue weighted by molar-refractivity contribution is 7.86. The Morgan fingerprint density at radius 3 is 2.49 bits per heavy atom. The zero-order chi connectivity index (χ0) is 24.6. The highest BCUT2D eigenvalue weighted by Crippen LogP contribution is 2.26. The van der Waals surface area contributed by atoms with Crippen LogP contribution in [0.5, 0.6) is 0 Å². The number of nitrogens with one attached hydrogen (secondary N) is 1. The molecule has 1 saturated heterocycles. The lowest BCUT2D eigenvalue weighted by Crippen LogP contribution is -2.50. The van der Waals surface area contributed by atoms with Gasteiger partial charge in [0.1, 0.15) is 5.75 Å². The molecule has 2 heterocycles. The lowest BCUT2D eigenvalue weighted by atomic mass is 9.98. The van der Waals surface area contributed by atoms with Crippen molar-refractivity contribution in [1.29, 1.82) is 0 Å². The number of rotatable bonds is 11. The van der Waals surface area contributed by atoms with E-state index in [1.165, 1.54) is 24.9 Å². The van der Waals surface area contributed by atoms with E-state index < -0.39 is 10.8 Å². The second-order valence-corrected chi connectivity index (χ2v) is 11.0. The summed E-state index contributed by atoms with van der Waals surface area (Å²) in [6, 6.07) is 16.4. The summed E-state index contributed by atoms with van der Waals surface area (Å²) in [5.41, 5.74) is 2.41. The number of unbranched alkanes of at least 4 members (excludes halogenated alkanes) is 2. The number of nitrogens with zero attached hydrogens (tertiary/aromatic N) is 2. The maximum atomic E-state index is 12.8. The number of benzene rings is 2. The molecule has 188 valence electrons. The number of hydrogen-bond donors (Lipinski definition) is 1. The summed E-state index contributed by atoms with van der Waals surface area (Å²) in [6.45, 7) is 6.55. The highest BCUT2D eigenvalue weighted by Gasteiger charge is 2.24. The van der Waals surface area contributed by atoms with Crippen molar-refractivity contribution < 1.29 is 13.8 Å². The minimum absolute atomic E-state index is 0.0131. The van der Waals surface area contributed by atoms with Crippen molar-refractivity contribution in [2.45, 2.75) is 62.8 Å². The van der Waals surface area contributed by atoms with Crippen LogP contribution in [-0.2, 0) is 15.6 Å². The monoisotopic (exact) mass is 495 g/mol. The average Bonchev–Trinajstić information content (AvgIpc) is 2.88. The molecule has 2 aromatic carbocycles. The molecule has 0 aromatic heterocycles. The molecule has 0 radical (unpaired) electrons. The first-order valence-corrected chi connectivity index (χ1v) is 14.3. The third-order valence-electron chi connectivity index (χ3n) is 7.12. The molecular weight excluding hydrogens is 458 g/mol. The summed E-state index contributed by atoms with van der Waals surface area (Å²) in [5.74, 6) is -0.191. The Hall–Kier alpha value is -2.51. The van der Waals surface area contributed by atoms with Gasteiger partial charge in [-0.2, -0.15) is 0 Å². The summed E-state index contributed by atoms with van der Waals surface area (Å²) in [5, 5.41) is 2.74. The van der Waals surface area contributed by atoms with Gasteiger partial charge in [0.05, 0.1) is 21.4 Å². The fraction of sp³-hybridized carbons (Fsp3) is 0.500. The predicted octanol–water partition coefficient (Wildman–Crippen LogP) is 4.87. The molecule has 35 heavy (non-hydrogen) atoms. The number of amides is 1. The van der Waals surface area contributed by atoms with E-state index in [9.17, 15) is 13.8 Å². The van der Waals surface area contributed by atoms with Crippen LogP contribution in [0.4, 0.5) is 11.4 Å². The number of anilines is 2. The van der Waals surface area contributed by atoms with Crippen molar-refractivity contribution in [3.63, 3.8) is 0 Å². The SMILES string of the molecule is CCCCC(CCCCC(=O)c1ccc2c(c1)NC(=O)CS2=O)N1CCN(c2ccccc2)CC1. The van der Waals surface area contributed by atoms with Gasteiger partial charge in [-0.05, 0) is 43.5 Å². The topological polar surface area (TPSA) is 69.7 Å². The van der Waals surface area contributed by atoms with Gasteiger partial charge in [0, 0.05) is 49.9 Å². The molecule has 2 unspecified atom stereocenters. The Morgan fingerprint density at radius 1 is 1.00 bits per heavy atom.